The largest absolute Gasteiger partial charge is 0.475 e. The fraction of sp³-hybridized carbons (Fsp3) is 0. The van der Waals surface area contributed by atoms with E-state index in [0.29, 0.717) is 5.02 Å². The molecule has 20 heavy (non-hydrogen) atoms. The maximum absolute atomic E-state index is 11.9. The van der Waals surface area contributed by atoms with Crippen molar-refractivity contribution in [3.05, 3.63) is 50.9 Å². The van der Waals surface area contributed by atoms with Gasteiger partial charge >= 0.3 is 5.97 Å². The van der Waals surface area contributed by atoms with Crippen LogP contribution in [0.3, 0.4) is 0 Å². The van der Waals surface area contributed by atoms with Gasteiger partial charge in [0.2, 0.25) is 5.76 Å². The Balaban J connectivity index is 2.25. The molecular formula is C12H6Cl3NO4. The van der Waals surface area contributed by atoms with Gasteiger partial charge in [-0.2, -0.15) is 0 Å². The first-order valence-electron chi connectivity index (χ1n) is 5.17. The highest BCUT2D eigenvalue weighted by atomic mass is 35.5. The number of carboxylic acids is 1. The van der Waals surface area contributed by atoms with Crippen LogP contribution in [0.4, 0.5) is 5.69 Å². The minimum atomic E-state index is -1.27. The molecule has 0 aliphatic heterocycles. The summed E-state index contributed by atoms with van der Waals surface area (Å²) in [6.07, 6.45) is 0. The molecule has 5 nitrogen and oxygen atoms in total. The fourth-order valence-corrected chi connectivity index (χ4v) is 2.32. The van der Waals surface area contributed by atoms with Gasteiger partial charge in [-0.05, 0) is 24.3 Å². The maximum Gasteiger partial charge on any atom is 0.371 e. The average Bonchev–Trinajstić information content (AvgIpc) is 2.83. The van der Waals surface area contributed by atoms with Gasteiger partial charge in [-0.1, -0.05) is 34.8 Å². The third-order valence-electron chi connectivity index (χ3n) is 2.29. The number of aromatic carboxylic acids is 1. The van der Waals surface area contributed by atoms with E-state index < -0.39 is 11.9 Å². The zero-order chi connectivity index (χ0) is 14.9. The number of carboxylic acid groups (broad SMARTS) is 1. The van der Waals surface area contributed by atoms with Crippen LogP contribution in [0, 0.1) is 0 Å². The van der Waals surface area contributed by atoms with Crippen molar-refractivity contribution in [3.8, 4) is 0 Å². The molecular weight excluding hydrogens is 328 g/mol. The van der Waals surface area contributed by atoms with Gasteiger partial charge in [0.25, 0.3) is 5.91 Å². The molecule has 0 radical (unpaired) electrons. The molecule has 0 unspecified atom stereocenters. The smallest absolute Gasteiger partial charge is 0.371 e. The molecule has 104 valence electrons. The molecule has 0 atom stereocenters. The summed E-state index contributed by atoms with van der Waals surface area (Å²) in [6.45, 7) is 0. The molecule has 1 amide bonds. The van der Waals surface area contributed by atoms with E-state index in [1.54, 1.807) is 0 Å². The summed E-state index contributed by atoms with van der Waals surface area (Å²) in [7, 11) is 0. The first-order valence-corrected chi connectivity index (χ1v) is 6.31. The first-order chi connectivity index (χ1) is 9.38. The van der Waals surface area contributed by atoms with Crippen LogP contribution in [-0.2, 0) is 0 Å². The minimum absolute atomic E-state index is 0.154. The van der Waals surface area contributed by atoms with Crippen molar-refractivity contribution in [2.24, 2.45) is 0 Å². The molecule has 1 heterocycles. The Labute approximate surface area is 128 Å². The molecule has 0 aliphatic rings. The van der Waals surface area contributed by atoms with E-state index in [1.165, 1.54) is 24.3 Å². The van der Waals surface area contributed by atoms with Crippen molar-refractivity contribution >= 4 is 52.4 Å². The van der Waals surface area contributed by atoms with Crippen LogP contribution in [0.5, 0.6) is 0 Å². The zero-order valence-corrected chi connectivity index (χ0v) is 11.9. The molecule has 0 saturated heterocycles. The van der Waals surface area contributed by atoms with E-state index >= 15 is 0 Å². The number of nitrogens with one attached hydrogen (secondary N) is 1. The van der Waals surface area contributed by atoms with Gasteiger partial charge in [0.15, 0.2) is 5.76 Å². The molecule has 2 rings (SSSR count). The average molecular weight is 335 g/mol. The minimum Gasteiger partial charge on any atom is -0.475 e. The molecule has 0 aliphatic carbocycles. The second kappa shape index (κ2) is 5.75. The zero-order valence-electron chi connectivity index (χ0n) is 9.62. The third kappa shape index (κ3) is 3.07. The van der Waals surface area contributed by atoms with Crippen LogP contribution < -0.4 is 5.32 Å². The standard InChI is InChI=1S/C12H6Cl3NO4/c13-5-3-6(14)10(7(15)4-5)16-11(17)8-1-2-9(20-8)12(18)19/h1-4H,(H,16,17)(H,18,19). The van der Waals surface area contributed by atoms with Crippen molar-refractivity contribution in [2.75, 3.05) is 5.32 Å². The van der Waals surface area contributed by atoms with Gasteiger partial charge in [-0.15, -0.1) is 0 Å². The van der Waals surface area contributed by atoms with Crippen LogP contribution in [0.1, 0.15) is 21.1 Å². The van der Waals surface area contributed by atoms with E-state index in [9.17, 15) is 9.59 Å². The quantitative estimate of drug-likeness (QED) is 0.882. The van der Waals surface area contributed by atoms with Gasteiger partial charge in [-0.3, -0.25) is 4.79 Å². The van der Waals surface area contributed by atoms with E-state index in [0.717, 1.165) is 0 Å². The Morgan fingerprint density at radius 1 is 1.05 bits per heavy atom. The highest BCUT2D eigenvalue weighted by Gasteiger charge is 2.17. The van der Waals surface area contributed by atoms with Crippen LogP contribution >= 0.6 is 34.8 Å². The number of anilines is 1. The van der Waals surface area contributed by atoms with E-state index in [1.807, 2.05) is 0 Å². The van der Waals surface area contributed by atoms with E-state index in [4.69, 9.17) is 44.3 Å². The Kier molecular flexibility index (Phi) is 4.23. The summed E-state index contributed by atoms with van der Waals surface area (Å²) in [5.41, 5.74) is 0.163. The molecule has 0 saturated carbocycles. The lowest BCUT2D eigenvalue weighted by atomic mass is 10.3. The summed E-state index contributed by atoms with van der Waals surface area (Å²) in [5.74, 6) is -2.47. The molecule has 0 spiro atoms. The Hall–Kier alpha value is -1.69. The fourth-order valence-electron chi connectivity index (χ4n) is 1.41. The molecule has 2 N–H and O–H groups in total. The highest BCUT2D eigenvalue weighted by Crippen LogP contribution is 2.34. The normalized spacial score (nSPS) is 10.3. The van der Waals surface area contributed by atoms with Crippen LogP contribution in [0.15, 0.2) is 28.7 Å². The second-order valence-corrected chi connectivity index (χ2v) is 4.92. The number of carbonyl (C=O) groups excluding carboxylic acids is 1. The van der Waals surface area contributed by atoms with Crippen LogP contribution in [0.2, 0.25) is 15.1 Å². The molecule has 1 aromatic carbocycles. The summed E-state index contributed by atoms with van der Waals surface area (Å²) in [5, 5.41) is 11.8. The Bertz CT molecular complexity index is 673. The topological polar surface area (TPSA) is 79.5 Å². The summed E-state index contributed by atoms with van der Waals surface area (Å²) < 4.78 is 4.86. The van der Waals surface area contributed by atoms with Crippen LogP contribution in [0.25, 0.3) is 0 Å². The maximum atomic E-state index is 11.9. The van der Waals surface area contributed by atoms with Crippen molar-refractivity contribution in [1.29, 1.82) is 0 Å². The Morgan fingerprint density at radius 3 is 2.10 bits per heavy atom. The predicted octanol–water partition coefficient (Wildman–Crippen LogP) is 4.19. The van der Waals surface area contributed by atoms with Gasteiger partial charge < -0.3 is 14.8 Å². The summed E-state index contributed by atoms with van der Waals surface area (Å²) in [6, 6.07) is 5.23. The number of amides is 1. The molecule has 1 aromatic heterocycles. The number of hydrogen-bond donors (Lipinski definition) is 2. The summed E-state index contributed by atoms with van der Waals surface area (Å²) >= 11 is 17.6. The van der Waals surface area contributed by atoms with Crippen molar-refractivity contribution in [1.82, 2.24) is 0 Å². The lowest BCUT2D eigenvalue weighted by Gasteiger charge is -2.08. The van der Waals surface area contributed by atoms with E-state index in [2.05, 4.69) is 5.32 Å². The van der Waals surface area contributed by atoms with Gasteiger partial charge in [-0.25, -0.2) is 4.79 Å². The SMILES string of the molecule is O=C(O)c1ccc(C(=O)Nc2c(Cl)cc(Cl)cc2Cl)o1. The third-order valence-corrected chi connectivity index (χ3v) is 3.10. The number of carbonyl (C=O) groups is 2. The van der Waals surface area contributed by atoms with Crippen LogP contribution in [-0.4, -0.2) is 17.0 Å². The molecule has 8 heteroatoms. The number of rotatable bonds is 3. The first kappa shape index (κ1) is 14.7. The monoisotopic (exact) mass is 333 g/mol. The second-order valence-electron chi connectivity index (χ2n) is 3.67. The van der Waals surface area contributed by atoms with Crippen molar-refractivity contribution in [3.63, 3.8) is 0 Å². The number of furan rings is 1. The van der Waals surface area contributed by atoms with E-state index in [-0.39, 0.29) is 27.3 Å². The number of benzene rings is 1. The number of halogens is 3. The Morgan fingerprint density at radius 2 is 1.60 bits per heavy atom. The van der Waals surface area contributed by atoms with Crippen molar-refractivity contribution in [2.45, 2.75) is 0 Å². The summed E-state index contributed by atoms with van der Waals surface area (Å²) in [4.78, 5) is 22.5. The lowest BCUT2D eigenvalue weighted by Crippen LogP contribution is -2.11. The number of hydrogen-bond acceptors (Lipinski definition) is 3. The predicted molar refractivity (Wildman–Crippen MR) is 75.1 cm³/mol. The molecule has 0 bridgehead atoms. The van der Waals surface area contributed by atoms with Gasteiger partial charge in [0.1, 0.15) is 0 Å². The lowest BCUT2D eigenvalue weighted by molar-refractivity contribution is 0.0660. The van der Waals surface area contributed by atoms with Crippen molar-refractivity contribution < 1.29 is 19.1 Å². The highest BCUT2D eigenvalue weighted by molar-refractivity contribution is 6.42. The van der Waals surface area contributed by atoms with Gasteiger partial charge in [0.05, 0.1) is 15.7 Å². The molecule has 2 aromatic rings. The van der Waals surface area contributed by atoms with Gasteiger partial charge in [0, 0.05) is 5.02 Å². The molecule has 0 fully saturated rings.